The fourth-order valence-corrected chi connectivity index (χ4v) is 3.17. The Bertz CT molecular complexity index is 685. The van der Waals surface area contributed by atoms with E-state index in [2.05, 4.69) is 39.8 Å². The first kappa shape index (κ1) is 15.5. The summed E-state index contributed by atoms with van der Waals surface area (Å²) in [6.07, 6.45) is 2.38. The van der Waals surface area contributed by atoms with Crippen LogP contribution in [0.1, 0.15) is 49.2 Å². The highest BCUT2D eigenvalue weighted by atomic mass is 16.5. The Morgan fingerprint density at radius 3 is 2.52 bits per heavy atom. The number of urea groups is 1. The van der Waals surface area contributed by atoms with Gasteiger partial charge in [0.05, 0.1) is 6.04 Å². The number of rotatable bonds is 4. The molecule has 2 aromatic rings. The molecule has 0 saturated carbocycles. The van der Waals surface area contributed by atoms with Crippen LogP contribution in [0.4, 0.5) is 4.79 Å². The molecule has 0 aliphatic heterocycles. The molecule has 0 spiro atoms. The second-order valence-electron chi connectivity index (χ2n) is 6.41. The highest BCUT2D eigenvalue weighted by Crippen LogP contribution is 2.29. The lowest BCUT2D eigenvalue weighted by Crippen LogP contribution is -2.51. The maximum Gasteiger partial charge on any atom is 0.315 e. The van der Waals surface area contributed by atoms with E-state index in [9.17, 15) is 4.79 Å². The standard InChI is InChI=1S/C17H22N4O2/c1-4-14(15-18-11(2)23-21-15)19-16(22)20-17(3)9-12-7-5-6-8-13(12)10-17/h5-8,14H,4,9-10H2,1-3H3,(H2,19,20,22). The van der Waals surface area contributed by atoms with Gasteiger partial charge in [0.2, 0.25) is 5.89 Å². The molecular formula is C17H22N4O2. The first-order valence-electron chi connectivity index (χ1n) is 7.95. The number of carbonyl (C=O) groups is 1. The summed E-state index contributed by atoms with van der Waals surface area (Å²) in [5, 5.41) is 9.94. The molecule has 1 heterocycles. The maximum absolute atomic E-state index is 12.4. The van der Waals surface area contributed by atoms with Gasteiger partial charge in [-0.15, -0.1) is 0 Å². The SMILES string of the molecule is CCC(NC(=O)NC1(C)Cc2ccccc2C1)c1noc(C)n1. The zero-order valence-corrected chi connectivity index (χ0v) is 13.7. The zero-order chi connectivity index (χ0) is 16.4. The molecule has 1 aromatic carbocycles. The minimum absolute atomic E-state index is 0.199. The van der Waals surface area contributed by atoms with Crippen molar-refractivity contribution in [2.75, 3.05) is 0 Å². The maximum atomic E-state index is 12.4. The summed E-state index contributed by atoms with van der Waals surface area (Å²) in [6.45, 7) is 5.79. The van der Waals surface area contributed by atoms with E-state index < -0.39 is 0 Å². The van der Waals surface area contributed by atoms with Crippen LogP contribution in [0, 0.1) is 6.92 Å². The molecule has 2 N–H and O–H groups in total. The molecule has 3 rings (SSSR count). The van der Waals surface area contributed by atoms with Crippen molar-refractivity contribution in [1.82, 2.24) is 20.8 Å². The number of nitrogens with one attached hydrogen (secondary N) is 2. The van der Waals surface area contributed by atoms with Crippen LogP contribution in [0.5, 0.6) is 0 Å². The van der Waals surface area contributed by atoms with Crippen molar-refractivity contribution in [1.29, 1.82) is 0 Å². The average molecular weight is 314 g/mol. The van der Waals surface area contributed by atoms with Crippen molar-refractivity contribution in [3.63, 3.8) is 0 Å². The molecule has 2 amide bonds. The van der Waals surface area contributed by atoms with Crippen molar-refractivity contribution in [3.8, 4) is 0 Å². The van der Waals surface area contributed by atoms with Gasteiger partial charge in [-0.3, -0.25) is 0 Å². The average Bonchev–Trinajstić information content (AvgIpc) is 3.06. The largest absolute Gasteiger partial charge is 0.340 e. The molecular weight excluding hydrogens is 292 g/mol. The van der Waals surface area contributed by atoms with Crippen LogP contribution in [-0.2, 0) is 12.8 Å². The van der Waals surface area contributed by atoms with Gasteiger partial charge >= 0.3 is 6.03 Å². The van der Waals surface area contributed by atoms with Crippen LogP contribution < -0.4 is 10.6 Å². The van der Waals surface area contributed by atoms with Crippen molar-refractivity contribution in [3.05, 3.63) is 47.1 Å². The van der Waals surface area contributed by atoms with Gasteiger partial charge in [0.15, 0.2) is 5.82 Å². The molecule has 1 aliphatic rings. The highest BCUT2D eigenvalue weighted by Gasteiger charge is 2.34. The summed E-state index contributed by atoms with van der Waals surface area (Å²) in [6, 6.07) is 7.87. The summed E-state index contributed by atoms with van der Waals surface area (Å²) in [5.41, 5.74) is 2.34. The Hall–Kier alpha value is -2.37. The van der Waals surface area contributed by atoms with E-state index in [0.29, 0.717) is 18.1 Å². The minimum atomic E-state index is -0.265. The van der Waals surface area contributed by atoms with Gasteiger partial charge in [-0.1, -0.05) is 36.3 Å². The van der Waals surface area contributed by atoms with Crippen LogP contribution in [0.3, 0.4) is 0 Å². The van der Waals surface area contributed by atoms with Gasteiger partial charge in [-0.05, 0) is 37.3 Å². The molecule has 6 nitrogen and oxygen atoms in total. The summed E-state index contributed by atoms with van der Waals surface area (Å²) in [7, 11) is 0. The first-order chi connectivity index (χ1) is 11.0. The molecule has 1 aliphatic carbocycles. The third-order valence-electron chi connectivity index (χ3n) is 4.26. The Labute approximate surface area is 135 Å². The topological polar surface area (TPSA) is 80.0 Å². The van der Waals surface area contributed by atoms with Gasteiger partial charge in [0, 0.05) is 12.5 Å². The van der Waals surface area contributed by atoms with Crippen LogP contribution in [-0.4, -0.2) is 21.7 Å². The van der Waals surface area contributed by atoms with E-state index in [-0.39, 0.29) is 17.6 Å². The molecule has 6 heteroatoms. The van der Waals surface area contributed by atoms with Crippen LogP contribution in [0.25, 0.3) is 0 Å². The molecule has 1 atom stereocenters. The fraction of sp³-hybridized carbons (Fsp3) is 0.471. The number of carbonyl (C=O) groups excluding carboxylic acids is 1. The Balaban J connectivity index is 1.63. The van der Waals surface area contributed by atoms with Crippen LogP contribution in [0.2, 0.25) is 0 Å². The second kappa shape index (κ2) is 6.02. The van der Waals surface area contributed by atoms with E-state index in [1.54, 1.807) is 6.92 Å². The van der Waals surface area contributed by atoms with Crippen molar-refractivity contribution in [2.45, 2.75) is 51.6 Å². The molecule has 23 heavy (non-hydrogen) atoms. The summed E-state index contributed by atoms with van der Waals surface area (Å²) in [5.74, 6) is 1.01. The van der Waals surface area contributed by atoms with Crippen molar-refractivity contribution >= 4 is 6.03 Å². The van der Waals surface area contributed by atoms with Gasteiger partial charge in [0.25, 0.3) is 0 Å². The van der Waals surface area contributed by atoms with Crippen molar-refractivity contribution < 1.29 is 9.32 Å². The number of nitrogens with zero attached hydrogens (tertiary/aromatic N) is 2. The smallest absolute Gasteiger partial charge is 0.315 e. The number of hydrogen-bond acceptors (Lipinski definition) is 4. The lowest BCUT2D eigenvalue weighted by molar-refractivity contribution is 0.223. The lowest BCUT2D eigenvalue weighted by atomic mass is 9.99. The summed E-state index contributed by atoms with van der Waals surface area (Å²) in [4.78, 5) is 16.6. The van der Waals surface area contributed by atoms with E-state index in [0.717, 1.165) is 12.8 Å². The van der Waals surface area contributed by atoms with E-state index >= 15 is 0 Å². The van der Waals surface area contributed by atoms with Crippen LogP contribution in [0.15, 0.2) is 28.8 Å². The fourth-order valence-electron chi connectivity index (χ4n) is 3.17. The number of aromatic nitrogens is 2. The number of amides is 2. The van der Waals surface area contributed by atoms with Gasteiger partial charge < -0.3 is 15.2 Å². The Kier molecular flexibility index (Phi) is 4.07. The third kappa shape index (κ3) is 3.36. The number of benzene rings is 1. The normalized spacial score (nSPS) is 16.7. The summed E-state index contributed by atoms with van der Waals surface area (Å²) < 4.78 is 4.99. The first-order valence-corrected chi connectivity index (χ1v) is 7.95. The summed E-state index contributed by atoms with van der Waals surface area (Å²) >= 11 is 0. The highest BCUT2D eigenvalue weighted by molar-refractivity contribution is 5.75. The van der Waals surface area contributed by atoms with Crippen molar-refractivity contribution in [2.24, 2.45) is 0 Å². The lowest BCUT2D eigenvalue weighted by Gasteiger charge is -2.26. The van der Waals surface area contributed by atoms with E-state index in [4.69, 9.17) is 4.52 Å². The van der Waals surface area contributed by atoms with E-state index in [1.165, 1.54) is 11.1 Å². The quantitative estimate of drug-likeness (QED) is 0.909. The predicted octanol–water partition coefficient (Wildman–Crippen LogP) is 2.69. The Morgan fingerprint density at radius 1 is 1.35 bits per heavy atom. The molecule has 1 unspecified atom stereocenters. The molecule has 1 aromatic heterocycles. The van der Waals surface area contributed by atoms with Crippen LogP contribution >= 0.6 is 0 Å². The number of fused-ring (bicyclic) bond motifs is 1. The molecule has 0 bridgehead atoms. The van der Waals surface area contributed by atoms with Gasteiger partial charge in [-0.25, -0.2) is 4.79 Å². The van der Waals surface area contributed by atoms with Gasteiger partial charge in [0.1, 0.15) is 0 Å². The number of aryl methyl sites for hydroxylation is 1. The van der Waals surface area contributed by atoms with Gasteiger partial charge in [-0.2, -0.15) is 4.98 Å². The minimum Gasteiger partial charge on any atom is -0.340 e. The number of hydrogen-bond donors (Lipinski definition) is 2. The molecule has 0 fully saturated rings. The zero-order valence-electron chi connectivity index (χ0n) is 13.7. The molecule has 0 radical (unpaired) electrons. The Morgan fingerprint density at radius 2 is 2.00 bits per heavy atom. The molecule has 122 valence electrons. The molecule has 0 saturated heterocycles. The monoisotopic (exact) mass is 314 g/mol. The predicted molar refractivity (Wildman–Crippen MR) is 86.0 cm³/mol. The second-order valence-corrected chi connectivity index (χ2v) is 6.41. The third-order valence-corrected chi connectivity index (χ3v) is 4.26. The van der Waals surface area contributed by atoms with E-state index in [1.807, 2.05) is 19.1 Å².